The highest BCUT2D eigenvalue weighted by Crippen LogP contribution is 2.14. The number of hydrogen-bond acceptors (Lipinski definition) is 3. The fourth-order valence-electron chi connectivity index (χ4n) is 2.93. The number of H-pyrrole nitrogens is 1. The zero-order valence-corrected chi connectivity index (χ0v) is 12.7. The molecule has 1 fully saturated rings. The second-order valence-corrected chi connectivity index (χ2v) is 5.93. The molecule has 2 N–H and O–H groups in total. The van der Waals surface area contributed by atoms with Gasteiger partial charge < -0.3 is 5.32 Å². The summed E-state index contributed by atoms with van der Waals surface area (Å²) in [7, 11) is 0. The maximum absolute atomic E-state index is 4.05. The van der Waals surface area contributed by atoms with Crippen LogP contribution in [0.1, 0.15) is 35.2 Å². The summed E-state index contributed by atoms with van der Waals surface area (Å²) in [6, 6.07) is 8.93. The third-order valence-electron chi connectivity index (χ3n) is 4.18. The van der Waals surface area contributed by atoms with E-state index in [1.54, 1.807) is 0 Å². The molecule has 1 saturated heterocycles. The van der Waals surface area contributed by atoms with E-state index in [-0.39, 0.29) is 0 Å². The maximum atomic E-state index is 4.05. The van der Waals surface area contributed by atoms with Crippen LogP contribution in [0.3, 0.4) is 0 Å². The largest absolute Gasteiger partial charge is 0.308 e. The molecule has 0 unspecified atom stereocenters. The standard InChI is InChI=1S/C17H24N4/c1-14-17(12-19-20-14)11-18-10-15-5-4-6-16(9-15)13-21-7-2-3-8-21/h4-6,9,12,18H,2-3,7-8,10-11,13H2,1H3,(H,19,20). The van der Waals surface area contributed by atoms with Crippen LogP contribution in [0.15, 0.2) is 30.5 Å². The molecular weight excluding hydrogens is 260 g/mol. The molecule has 0 amide bonds. The normalized spacial score (nSPS) is 15.7. The van der Waals surface area contributed by atoms with Gasteiger partial charge >= 0.3 is 0 Å². The SMILES string of the molecule is Cc1[nH]ncc1CNCc1cccc(CN2CCCC2)c1. The van der Waals surface area contributed by atoms with Crippen molar-refractivity contribution in [3.05, 3.63) is 52.8 Å². The van der Waals surface area contributed by atoms with E-state index < -0.39 is 0 Å². The molecule has 3 rings (SSSR count). The van der Waals surface area contributed by atoms with Crippen molar-refractivity contribution in [2.24, 2.45) is 0 Å². The first-order valence-electron chi connectivity index (χ1n) is 7.81. The third-order valence-corrected chi connectivity index (χ3v) is 4.18. The fourth-order valence-corrected chi connectivity index (χ4v) is 2.93. The Hall–Kier alpha value is -1.65. The van der Waals surface area contributed by atoms with Gasteiger partial charge in [-0.25, -0.2) is 0 Å². The quantitative estimate of drug-likeness (QED) is 0.857. The maximum Gasteiger partial charge on any atom is 0.0535 e. The van der Waals surface area contributed by atoms with Gasteiger partial charge in [0.1, 0.15) is 0 Å². The van der Waals surface area contributed by atoms with Crippen molar-refractivity contribution < 1.29 is 0 Å². The van der Waals surface area contributed by atoms with Gasteiger partial charge in [-0.3, -0.25) is 10.00 Å². The van der Waals surface area contributed by atoms with Gasteiger partial charge in [0.15, 0.2) is 0 Å². The smallest absolute Gasteiger partial charge is 0.0535 e. The number of aromatic nitrogens is 2. The van der Waals surface area contributed by atoms with E-state index in [0.717, 1.165) is 25.3 Å². The van der Waals surface area contributed by atoms with E-state index >= 15 is 0 Å². The molecule has 21 heavy (non-hydrogen) atoms. The molecule has 1 aromatic heterocycles. The lowest BCUT2D eigenvalue weighted by molar-refractivity contribution is 0.331. The van der Waals surface area contributed by atoms with E-state index in [1.807, 2.05) is 6.20 Å². The number of benzene rings is 1. The minimum absolute atomic E-state index is 0.860. The lowest BCUT2D eigenvalue weighted by atomic mass is 10.1. The molecule has 0 saturated carbocycles. The summed E-state index contributed by atoms with van der Waals surface area (Å²) >= 11 is 0. The Morgan fingerprint density at radius 3 is 2.76 bits per heavy atom. The third kappa shape index (κ3) is 3.93. The average Bonchev–Trinajstić information content (AvgIpc) is 3.12. The van der Waals surface area contributed by atoms with Crippen molar-refractivity contribution in [2.75, 3.05) is 13.1 Å². The summed E-state index contributed by atoms with van der Waals surface area (Å²) in [6.45, 7) is 7.41. The van der Waals surface area contributed by atoms with Crippen LogP contribution in [0.25, 0.3) is 0 Å². The molecular formula is C17H24N4. The lowest BCUT2D eigenvalue weighted by Crippen LogP contribution is -2.18. The van der Waals surface area contributed by atoms with Gasteiger partial charge in [0.25, 0.3) is 0 Å². The highest BCUT2D eigenvalue weighted by molar-refractivity contribution is 5.23. The van der Waals surface area contributed by atoms with Crippen LogP contribution < -0.4 is 5.32 Å². The van der Waals surface area contributed by atoms with Crippen LogP contribution in [0.4, 0.5) is 0 Å². The van der Waals surface area contributed by atoms with E-state index in [9.17, 15) is 0 Å². The van der Waals surface area contributed by atoms with Crippen molar-refractivity contribution in [1.82, 2.24) is 20.4 Å². The van der Waals surface area contributed by atoms with Crippen molar-refractivity contribution in [1.29, 1.82) is 0 Å². The Morgan fingerprint density at radius 1 is 1.19 bits per heavy atom. The summed E-state index contributed by atoms with van der Waals surface area (Å²) in [5.74, 6) is 0. The molecule has 0 spiro atoms. The van der Waals surface area contributed by atoms with Gasteiger partial charge in [-0.15, -0.1) is 0 Å². The Balaban J connectivity index is 1.52. The van der Waals surface area contributed by atoms with Crippen LogP contribution in [-0.2, 0) is 19.6 Å². The fraction of sp³-hybridized carbons (Fsp3) is 0.471. The van der Waals surface area contributed by atoms with Gasteiger partial charge in [-0.1, -0.05) is 24.3 Å². The molecule has 0 bridgehead atoms. The van der Waals surface area contributed by atoms with Crippen molar-refractivity contribution in [3.8, 4) is 0 Å². The van der Waals surface area contributed by atoms with Crippen LogP contribution in [0.2, 0.25) is 0 Å². The summed E-state index contributed by atoms with van der Waals surface area (Å²) in [5, 5.41) is 10.5. The van der Waals surface area contributed by atoms with Crippen molar-refractivity contribution >= 4 is 0 Å². The molecule has 1 aliphatic heterocycles. The molecule has 112 valence electrons. The Bertz CT molecular complexity index is 570. The van der Waals surface area contributed by atoms with E-state index in [4.69, 9.17) is 0 Å². The molecule has 1 aromatic carbocycles. The molecule has 0 aliphatic carbocycles. The number of nitrogens with zero attached hydrogens (tertiary/aromatic N) is 2. The van der Waals surface area contributed by atoms with E-state index in [0.29, 0.717) is 0 Å². The predicted octanol–water partition coefficient (Wildman–Crippen LogP) is 2.60. The van der Waals surface area contributed by atoms with Gasteiger partial charge in [-0.2, -0.15) is 5.10 Å². The van der Waals surface area contributed by atoms with E-state index in [2.05, 4.69) is 51.6 Å². The van der Waals surface area contributed by atoms with Crippen molar-refractivity contribution in [2.45, 2.75) is 39.4 Å². The summed E-state index contributed by atoms with van der Waals surface area (Å²) in [4.78, 5) is 2.54. The highest BCUT2D eigenvalue weighted by atomic mass is 15.1. The summed E-state index contributed by atoms with van der Waals surface area (Å²) in [5.41, 5.74) is 5.16. The first-order valence-corrected chi connectivity index (χ1v) is 7.81. The summed E-state index contributed by atoms with van der Waals surface area (Å²) < 4.78 is 0. The van der Waals surface area contributed by atoms with Crippen LogP contribution in [0.5, 0.6) is 0 Å². The zero-order valence-electron chi connectivity index (χ0n) is 12.7. The molecule has 1 aliphatic rings. The molecule has 4 nitrogen and oxygen atoms in total. The van der Waals surface area contributed by atoms with Gasteiger partial charge in [0.05, 0.1) is 6.20 Å². The van der Waals surface area contributed by atoms with Gasteiger partial charge in [0.2, 0.25) is 0 Å². The van der Waals surface area contributed by atoms with Gasteiger partial charge in [0, 0.05) is 30.9 Å². The molecule has 2 heterocycles. The highest BCUT2D eigenvalue weighted by Gasteiger charge is 2.11. The Kier molecular flexibility index (Phi) is 4.68. The minimum atomic E-state index is 0.860. The van der Waals surface area contributed by atoms with E-state index in [1.165, 1.54) is 42.6 Å². The predicted molar refractivity (Wildman–Crippen MR) is 84.8 cm³/mol. The molecule has 0 atom stereocenters. The topological polar surface area (TPSA) is 44.0 Å². The lowest BCUT2D eigenvalue weighted by Gasteiger charge is -2.15. The number of aromatic amines is 1. The number of aryl methyl sites for hydroxylation is 1. The second-order valence-electron chi connectivity index (χ2n) is 5.93. The van der Waals surface area contributed by atoms with Crippen LogP contribution in [0, 0.1) is 6.92 Å². The number of likely N-dealkylation sites (tertiary alicyclic amines) is 1. The monoisotopic (exact) mass is 284 g/mol. The Morgan fingerprint density at radius 2 is 2.00 bits per heavy atom. The first kappa shape index (κ1) is 14.3. The molecule has 0 radical (unpaired) electrons. The minimum Gasteiger partial charge on any atom is -0.308 e. The number of hydrogen-bond donors (Lipinski definition) is 2. The van der Waals surface area contributed by atoms with Crippen molar-refractivity contribution in [3.63, 3.8) is 0 Å². The second kappa shape index (κ2) is 6.87. The number of rotatable bonds is 6. The summed E-state index contributed by atoms with van der Waals surface area (Å²) in [6.07, 6.45) is 4.60. The zero-order chi connectivity index (χ0) is 14.5. The van der Waals surface area contributed by atoms with Gasteiger partial charge in [-0.05, 0) is 44.0 Å². The molecule has 2 aromatic rings. The van der Waals surface area contributed by atoms with Crippen LogP contribution in [-0.4, -0.2) is 28.2 Å². The van der Waals surface area contributed by atoms with Crippen LogP contribution >= 0.6 is 0 Å². The Labute approximate surface area is 126 Å². The average molecular weight is 284 g/mol. The first-order chi connectivity index (χ1) is 10.3. The number of nitrogens with one attached hydrogen (secondary N) is 2. The molecule has 4 heteroatoms.